The van der Waals surface area contributed by atoms with Gasteiger partial charge >= 0.3 is 5.97 Å². The zero-order chi connectivity index (χ0) is 10.8. The largest absolute Gasteiger partial charge is 0.496 e. The maximum Gasteiger partial charge on any atom is 0.304 e. The number of hydrogen-bond donors (Lipinski definition) is 0. The number of esters is 1. The van der Waals surface area contributed by atoms with Crippen molar-refractivity contribution < 1.29 is 19.1 Å². The lowest BCUT2D eigenvalue weighted by molar-refractivity contribution is -0.161. The fourth-order valence-corrected chi connectivity index (χ4v) is 1.31. The van der Waals surface area contributed by atoms with Crippen molar-refractivity contribution >= 4 is 11.8 Å². The van der Waals surface area contributed by atoms with Gasteiger partial charge in [-0.1, -0.05) is 6.08 Å². The van der Waals surface area contributed by atoms with E-state index in [4.69, 9.17) is 9.47 Å². The molecular formula is C10H12O4. The first kappa shape index (κ1) is 10.5. The molecule has 0 amide bonds. The number of ketones is 1. The van der Waals surface area contributed by atoms with Crippen molar-refractivity contribution in [2.75, 3.05) is 7.11 Å². The van der Waals surface area contributed by atoms with Crippen LogP contribution in [-0.2, 0) is 19.1 Å². The molecule has 0 aromatic rings. The lowest BCUT2D eigenvalue weighted by atomic mass is 9.93. The van der Waals surface area contributed by atoms with E-state index in [0.29, 0.717) is 5.76 Å². The van der Waals surface area contributed by atoms with Gasteiger partial charge in [0.05, 0.1) is 7.11 Å². The maximum absolute atomic E-state index is 11.5. The van der Waals surface area contributed by atoms with E-state index in [2.05, 4.69) is 0 Å². The van der Waals surface area contributed by atoms with E-state index < -0.39 is 11.6 Å². The Labute approximate surface area is 82.2 Å². The van der Waals surface area contributed by atoms with Crippen molar-refractivity contribution in [1.82, 2.24) is 0 Å². The van der Waals surface area contributed by atoms with Gasteiger partial charge < -0.3 is 9.47 Å². The fourth-order valence-electron chi connectivity index (χ4n) is 1.31. The molecule has 1 rings (SSSR count). The van der Waals surface area contributed by atoms with Crippen LogP contribution in [-0.4, -0.2) is 24.5 Å². The SMILES string of the molecule is COC1=CC=CC(=O)C1(C)OC(C)=O. The minimum absolute atomic E-state index is 0.299. The monoisotopic (exact) mass is 196 g/mol. The van der Waals surface area contributed by atoms with Crippen LogP contribution in [0, 0.1) is 0 Å². The van der Waals surface area contributed by atoms with Crippen molar-refractivity contribution in [3.05, 3.63) is 24.0 Å². The third-order valence-electron chi connectivity index (χ3n) is 2.00. The minimum Gasteiger partial charge on any atom is -0.496 e. The van der Waals surface area contributed by atoms with E-state index in [-0.39, 0.29) is 5.78 Å². The van der Waals surface area contributed by atoms with Crippen LogP contribution in [0.4, 0.5) is 0 Å². The Kier molecular flexibility index (Phi) is 2.74. The van der Waals surface area contributed by atoms with Gasteiger partial charge in [-0.25, -0.2) is 0 Å². The van der Waals surface area contributed by atoms with E-state index >= 15 is 0 Å². The van der Waals surface area contributed by atoms with Crippen LogP contribution in [0.2, 0.25) is 0 Å². The van der Waals surface area contributed by atoms with Crippen LogP contribution in [0.15, 0.2) is 24.0 Å². The number of hydrogen-bond acceptors (Lipinski definition) is 4. The summed E-state index contributed by atoms with van der Waals surface area (Å²) >= 11 is 0. The molecule has 0 aliphatic heterocycles. The van der Waals surface area contributed by atoms with Gasteiger partial charge in [0.1, 0.15) is 5.76 Å². The van der Waals surface area contributed by atoms with Gasteiger partial charge in [-0.3, -0.25) is 9.59 Å². The maximum atomic E-state index is 11.5. The first-order valence-electron chi connectivity index (χ1n) is 4.17. The molecule has 76 valence electrons. The molecule has 4 heteroatoms. The fraction of sp³-hybridized carbons (Fsp3) is 0.400. The summed E-state index contributed by atoms with van der Waals surface area (Å²) in [6.07, 6.45) is 4.52. The zero-order valence-electron chi connectivity index (χ0n) is 8.37. The molecule has 14 heavy (non-hydrogen) atoms. The molecule has 0 N–H and O–H groups in total. The molecule has 0 saturated carbocycles. The van der Waals surface area contributed by atoms with Gasteiger partial charge in [0.15, 0.2) is 0 Å². The molecule has 1 atom stereocenters. The van der Waals surface area contributed by atoms with Crippen molar-refractivity contribution in [2.24, 2.45) is 0 Å². The predicted molar refractivity (Wildman–Crippen MR) is 49.4 cm³/mol. The smallest absolute Gasteiger partial charge is 0.304 e. The topological polar surface area (TPSA) is 52.6 Å². The molecule has 0 heterocycles. The summed E-state index contributed by atoms with van der Waals surface area (Å²) in [5.41, 5.74) is -1.31. The van der Waals surface area contributed by atoms with Crippen LogP contribution < -0.4 is 0 Å². The average Bonchev–Trinajstić information content (AvgIpc) is 2.08. The minimum atomic E-state index is -1.31. The second kappa shape index (κ2) is 3.65. The number of carbonyl (C=O) groups is 2. The third-order valence-corrected chi connectivity index (χ3v) is 2.00. The van der Waals surface area contributed by atoms with Gasteiger partial charge in [-0.2, -0.15) is 0 Å². The van der Waals surface area contributed by atoms with Crippen LogP contribution in [0.3, 0.4) is 0 Å². The highest BCUT2D eigenvalue weighted by Crippen LogP contribution is 2.27. The molecule has 0 spiro atoms. The first-order valence-corrected chi connectivity index (χ1v) is 4.17. The number of rotatable bonds is 2. The Morgan fingerprint density at radius 2 is 2.14 bits per heavy atom. The molecule has 0 aromatic heterocycles. The van der Waals surface area contributed by atoms with Crippen LogP contribution in [0.25, 0.3) is 0 Å². The molecule has 1 aliphatic rings. The highest BCUT2D eigenvalue weighted by molar-refractivity contribution is 6.01. The number of carbonyl (C=O) groups excluding carboxylic acids is 2. The average molecular weight is 196 g/mol. The Bertz CT molecular complexity index is 327. The van der Waals surface area contributed by atoms with E-state index in [1.54, 1.807) is 12.2 Å². The van der Waals surface area contributed by atoms with E-state index in [1.165, 1.54) is 27.0 Å². The quantitative estimate of drug-likeness (QED) is 0.618. The van der Waals surface area contributed by atoms with Gasteiger partial charge in [0, 0.05) is 6.92 Å². The highest BCUT2D eigenvalue weighted by atomic mass is 16.6. The molecule has 4 nitrogen and oxygen atoms in total. The molecule has 1 unspecified atom stereocenters. The van der Waals surface area contributed by atoms with Crippen molar-refractivity contribution in [1.29, 1.82) is 0 Å². The Hall–Kier alpha value is -1.58. The molecular weight excluding hydrogens is 184 g/mol. The second-order valence-electron chi connectivity index (χ2n) is 3.09. The first-order chi connectivity index (χ1) is 6.50. The van der Waals surface area contributed by atoms with E-state index in [1.807, 2.05) is 0 Å². The summed E-state index contributed by atoms with van der Waals surface area (Å²) in [7, 11) is 1.43. The highest BCUT2D eigenvalue weighted by Gasteiger charge is 2.41. The Balaban J connectivity index is 3.03. The summed E-state index contributed by atoms with van der Waals surface area (Å²) in [6, 6.07) is 0. The van der Waals surface area contributed by atoms with Gasteiger partial charge in [-0.15, -0.1) is 0 Å². The summed E-state index contributed by atoms with van der Waals surface area (Å²) in [5.74, 6) is -0.480. The zero-order valence-corrected chi connectivity index (χ0v) is 8.37. The van der Waals surface area contributed by atoms with Gasteiger partial charge in [-0.05, 0) is 19.1 Å². The van der Waals surface area contributed by atoms with E-state index in [9.17, 15) is 9.59 Å². The summed E-state index contributed by atoms with van der Waals surface area (Å²) in [5, 5.41) is 0. The van der Waals surface area contributed by atoms with Crippen molar-refractivity contribution in [3.8, 4) is 0 Å². The summed E-state index contributed by atoms with van der Waals surface area (Å²) < 4.78 is 9.95. The second-order valence-corrected chi connectivity index (χ2v) is 3.09. The van der Waals surface area contributed by atoms with Crippen LogP contribution in [0.1, 0.15) is 13.8 Å². The lowest BCUT2D eigenvalue weighted by Gasteiger charge is -2.29. The molecule has 0 radical (unpaired) electrons. The van der Waals surface area contributed by atoms with Crippen LogP contribution >= 0.6 is 0 Å². The van der Waals surface area contributed by atoms with Crippen molar-refractivity contribution in [2.45, 2.75) is 19.4 Å². The van der Waals surface area contributed by atoms with Gasteiger partial charge in [0.2, 0.25) is 11.4 Å². The van der Waals surface area contributed by atoms with Crippen molar-refractivity contribution in [3.63, 3.8) is 0 Å². The molecule has 0 saturated heterocycles. The number of allylic oxidation sites excluding steroid dienone is 2. The molecule has 0 fully saturated rings. The van der Waals surface area contributed by atoms with Crippen LogP contribution in [0.5, 0.6) is 0 Å². The third kappa shape index (κ3) is 1.69. The molecule has 0 bridgehead atoms. The lowest BCUT2D eigenvalue weighted by Crippen LogP contribution is -2.42. The summed E-state index contributed by atoms with van der Waals surface area (Å²) in [6.45, 7) is 2.76. The normalized spacial score (nSPS) is 25.6. The number of methoxy groups -OCH3 is 1. The standard InChI is InChI=1S/C10H12O4/c1-7(11)14-10(2)8(12)5-4-6-9(10)13-3/h4-6H,1-3H3. The number of ether oxygens (including phenoxy) is 2. The Morgan fingerprint density at radius 3 is 2.64 bits per heavy atom. The molecule has 1 aliphatic carbocycles. The predicted octanol–water partition coefficient (Wildman–Crippen LogP) is 0.977. The van der Waals surface area contributed by atoms with Gasteiger partial charge in [0.25, 0.3) is 0 Å². The molecule has 0 aromatic carbocycles. The van der Waals surface area contributed by atoms with E-state index in [0.717, 1.165) is 0 Å². The summed E-state index contributed by atoms with van der Waals surface area (Å²) in [4.78, 5) is 22.4. The Morgan fingerprint density at radius 1 is 1.50 bits per heavy atom.